The first-order chi connectivity index (χ1) is 8.18. The number of nitrogens with two attached hydrogens (primary N) is 1. The summed E-state index contributed by atoms with van der Waals surface area (Å²) in [6.07, 6.45) is 1.60. The molecule has 2 atom stereocenters. The van der Waals surface area contributed by atoms with Crippen LogP contribution in [0.1, 0.15) is 25.2 Å². The van der Waals surface area contributed by atoms with Crippen molar-refractivity contribution in [3.8, 4) is 0 Å². The lowest BCUT2D eigenvalue weighted by molar-refractivity contribution is 0.542. The van der Waals surface area contributed by atoms with Crippen molar-refractivity contribution >= 4 is 21.4 Å². The fourth-order valence-electron chi connectivity index (χ4n) is 1.77. The van der Waals surface area contributed by atoms with Gasteiger partial charge >= 0.3 is 0 Å². The molecule has 0 saturated carbocycles. The highest BCUT2D eigenvalue weighted by atomic mass is 35.5. The van der Waals surface area contributed by atoms with E-state index in [0.717, 1.165) is 11.4 Å². The molecule has 0 spiro atoms. The van der Waals surface area contributed by atoms with Crippen molar-refractivity contribution < 1.29 is 8.42 Å². The highest BCUT2D eigenvalue weighted by molar-refractivity contribution is 7.91. The molecule has 5 nitrogen and oxygen atoms in total. The van der Waals surface area contributed by atoms with Crippen LogP contribution in [0.3, 0.4) is 0 Å². The molecule has 7 heteroatoms. The topological polar surface area (TPSA) is 78.0 Å². The molecule has 104 valence electrons. The molecule has 0 fully saturated rings. The van der Waals surface area contributed by atoms with E-state index < -0.39 is 21.1 Å². The quantitative estimate of drug-likeness (QED) is 0.884. The van der Waals surface area contributed by atoms with E-state index in [0.29, 0.717) is 18.0 Å². The molecular formula is C11H20ClN3O2S. The summed E-state index contributed by atoms with van der Waals surface area (Å²) in [7, 11) is -3.15. The molecule has 0 aliphatic rings. The highest BCUT2D eigenvalue weighted by Crippen LogP contribution is 2.22. The third-order valence-corrected chi connectivity index (χ3v) is 5.35. The minimum Gasteiger partial charge on any atom is -0.326 e. The molecule has 1 aromatic heterocycles. The van der Waals surface area contributed by atoms with E-state index >= 15 is 0 Å². The van der Waals surface area contributed by atoms with Gasteiger partial charge in [0.15, 0.2) is 9.84 Å². The van der Waals surface area contributed by atoms with Crippen molar-refractivity contribution in [2.45, 2.75) is 45.0 Å². The summed E-state index contributed by atoms with van der Waals surface area (Å²) in [5, 5.41) is 4.26. The molecule has 0 amide bonds. The van der Waals surface area contributed by atoms with Crippen molar-refractivity contribution in [2.24, 2.45) is 5.73 Å². The van der Waals surface area contributed by atoms with Gasteiger partial charge in [-0.05, 0) is 20.8 Å². The molecule has 0 aliphatic carbocycles. The van der Waals surface area contributed by atoms with Gasteiger partial charge < -0.3 is 5.73 Å². The first-order valence-corrected chi connectivity index (χ1v) is 8.18. The minimum absolute atomic E-state index is 0.405. The Hall–Kier alpha value is -0.590. The molecule has 0 saturated heterocycles. The van der Waals surface area contributed by atoms with Crippen LogP contribution in [-0.2, 0) is 22.8 Å². The lowest BCUT2D eigenvalue weighted by atomic mass is 10.1. The van der Waals surface area contributed by atoms with Crippen molar-refractivity contribution in [2.75, 3.05) is 6.26 Å². The second-order valence-electron chi connectivity index (χ2n) is 4.56. The number of nitrogens with zero attached hydrogens (tertiary/aromatic N) is 2. The maximum absolute atomic E-state index is 11.5. The SMILES string of the molecule is CCn1nc(C)c(Cl)c1CC(N)C(C)S(C)(=O)=O. The second-order valence-corrected chi connectivity index (χ2v) is 7.35. The van der Waals surface area contributed by atoms with Gasteiger partial charge in [0.1, 0.15) is 0 Å². The average molecular weight is 294 g/mol. The van der Waals surface area contributed by atoms with Gasteiger partial charge in [0, 0.05) is 25.3 Å². The summed E-state index contributed by atoms with van der Waals surface area (Å²) >= 11 is 6.17. The number of rotatable bonds is 5. The highest BCUT2D eigenvalue weighted by Gasteiger charge is 2.25. The second kappa shape index (κ2) is 5.59. The summed E-state index contributed by atoms with van der Waals surface area (Å²) < 4.78 is 24.7. The van der Waals surface area contributed by atoms with E-state index in [1.807, 2.05) is 13.8 Å². The zero-order valence-electron chi connectivity index (χ0n) is 11.1. The van der Waals surface area contributed by atoms with Crippen LogP contribution in [0.4, 0.5) is 0 Å². The molecule has 0 radical (unpaired) electrons. The molecule has 2 unspecified atom stereocenters. The summed E-state index contributed by atoms with van der Waals surface area (Å²) in [5.41, 5.74) is 7.51. The predicted octanol–water partition coefficient (Wildman–Crippen LogP) is 1.17. The Balaban J connectivity index is 2.98. The van der Waals surface area contributed by atoms with Gasteiger partial charge in [-0.2, -0.15) is 5.10 Å². The molecule has 1 aromatic rings. The fraction of sp³-hybridized carbons (Fsp3) is 0.727. The lowest BCUT2D eigenvalue weighted by Crippen LogP contribution is -2.40. The number of hydrogen-bond acceptors (Lipinski definition) is 4. The van der Waals surface area contributed by atoms with Crippen molar-refractivity contribution in [3.05, 3.63) is 16.4 Å². The van der Waals surface area contributed by atoms with Gasteiger partial charge in [-0.1, -0.05) is 11.6 Å². The fourth-order valence-corrected chi connectivity index (χ4v) is 2.71. The van der Waals surface area contributed by atoms with Crippen LogP contribution in [0.25, 0.3) is 0 Å². The van der Waals surface area contributed by atoms with Crippen LogP contribution in [0.5, 0.6) is 0 Å². The Morgan fingerprint density at radius 1 is 1.50 bits per heavy atom. The number of hydrogen-bond donors (Lipinski definition) is 1. The largest absolute Gasteiger partial charge is 0.326 e. The van der Waals surface area contributed by atoms with Crippen LogP contribution in [0.15, 0.2) is 0 Å². The Morgan fingerprint density at radius 2 is 2.06 bits per heavy atom. The number of halogens is 1. The molecular weight excluding hydrogens is 274 g/mol. The third kappa shape index (κ3) is 3.24. The normalized spacial score (nSPS) is 15.7. The maximum Gasteiger partial charge on any atom is 0.151 e. The molecule has 1 heterocycles. The summed E-state index contributed by atoms with van der Waals surface area (Å²) in [5.74, 6) is 0. The Bertz CT molecular complexity index is 525. The minimum atomic E-state index is -3.15. The van der Waals surface area contributed by atoms with Gasteiger partial charge in [0.05, 0.1) is 21.7 Å². The molecule has 0 aliphatic heterocycles. The third-order valence-electron chi connectivity index (χ3n) is 3.16. The van der Waals surface area contributed by atoms with E-state index in [1.54, 1.807) is 11.6 Å². The predicted molar refractivity (Wildman–Crippen MR) is 73.6 cm³/mol. The van der Waals surface area contributed by atoms with Gasteiger partial charge in [-0.3, -0.25) is 4.68 Å². The Labute approximate surface area is 113 Å². The summed E-state index contributed by atoms with van der Waals surface area (Å²) in [6, 6.07) is -0.487. The van der Waals surface area contributed by atoms with E-state index in [2.05, 4.69) is 5.10 Å². The van der Waals surface area contributed by atoms with E-state index in [1.165, 1.54) is 6.26 Å². The van der Waals surface area contributed by atoms with Crippen LogP contribution >= 0.6 is 11.6 Å². The number of aromatic nitrogens is 2. The van der Waals surface area contributed by atoms with Gasteiger partial charge in [0.2, 0.25) is 0 Å². The first-order valence-electron chi connectivity index (χ1n) is 5.84. The zero-order valence-corrected chi connectivity index (χ0v) is 12.7. The number of aryl methyl sites for hydroxylation is 2. The maximum atomic E-state index is 11.5. The van der Waals surface area contributed by atoms with E-state index in [9.17, 15) is 8.42 Å². The molecule has 0 bridgehead atoms. The van der Waals surface area contributed by atoms with Crippen LogP contribution < -0.4 is 5.73 Å². The molecule has 0 aromatic carbocycles. The molecule has 18 heavy (non-hydrogen) atoms. The summed E-state index contributed by atoms with van der Waals surface area (Å²) in [6.45, 7) is 6.08. The van der Waals surface area contributed by atoms with Crippen LogP contribution in [0.2, 0.25) is 5.02 Å². The number of sulfone groups is 1. The zero-order chi connectivity index (χ0) is 14.1. The standard InChI is InChI=1S/C11H20ClN3O2S/c1-5-15-10(11(12)7(2)14-15)6-9(13)8(3)18(4,16)17/h8-9H,5-6,13H2,1-4H3. The van der Waals surface area contributed by atoms with Crippen molar-refractivity contribution in [1.29, 1.82) is 0 Å². The van der Waals surface area contributed by atoms with Crippen molar-refractivity contribution in [3.63, 3.8) is 0 Å². The Kier molecular flexibility index (Phi) is 4.80. The van der Waals surface area contributed by atoms with E-state index in [-0.39, 0.29) is 0 Å². The first kappa shape index (κ1) is 15.5. The lowest BCUT2D eigenvalue weighted by Gasteiger charge is -2.18. The van der Waals surface area contributed by atoms with Crippen LogP contribution in [-0.4, -0.2) is 35.7 Å². The van der Waals surface area contributed by atoms with E-state index in [4.69, 9.17) is 17.3 Å². The van der Waals surface area contributed by atoms with Crippen molar-refractivity contribution in [1.82, 2.24) is 9.78 Å². The van der Waals surface area contributed by atoms with Gasteiger partial charge in [-0.15, -0.1) is 0 Å². The molecule has 2 N–H and O–H groups in total. The average Bonchev–Trinajstić information content (AvgIpc) is 2.54. The van der Waals surface area contributed by atoms with Crippen LogP contribution in [0, 0.1) is 6.92 Å². The smallest absolute Gasteiger partial charge is 0.151 e. The monoisotopic (exact) mass is 293 g/mol. The van der Waals surface area contributed by atoms with Gasteiger partial charge in [0.25, 0.3) is 0 Å². The Morgan fingerprint density at radius 3 is 2.50 bits per heavy atom. The summed E-state index contributed by atoms with van der Waals surface area (Å²) in [4.78, 5) is 0. The molecule has 1 rings (SSSR count). The van der Waals surface area contributed by atoms with Gasteiger partial charge in [-0.25, -0.2) is 8.42 Å².